The largest absolute Gasteiger partial charge is 0.492 e. The van der Waals surface area contributed by atoms with Gasteiger partial charge in [-0.3, -0.25) is 0 Å². The predicted molar refractivity (Wildman–Crippen MR) is 84.7 cm³/mol. The molecule has 3 aromatic rings. The van der Waals surface area contributed by atoms with E-state index in [-0.39, 0.29) is 5.82 Å². The minimum atomic E-state index is -0.262. The van der Waals surface area contributed by atoms with Crippen molar-refractivity contribution < 1.29 is 9.13 Å². The first-order chi connectivity index (χ1) is 10.2. The van der Waals surface area contributed by atoms with Crippen LogP contribution in [-0.4, -0.2) is 18.1 Å². The number of aryl methyl sites for hydroxylation is 1. The summed E-state index contributed by atoms with van der Waals surface area (Å²) in [5.41, 5.74) is 1.86. The molecule has 3 nitrogen and oxygen atoms in total. The highest BCUT2D eigenvalue weighted by Crippen LogP contribution is 2.26. The summed E-state index contributed by atoms with van der Waals surface area (Å²) in [6, 6.07) is 12.6. The minimum Gasteiger partial charge on any atom is -0.492 e. The highest BCUT2D eigenvalue weighted by Gasteiger charge is 2.04. The molecule has 0 saturated heterocycles. The molecule has 0 fully saturated rings. The predicted octanol–water partition coefficient (Wildman–Crippen LogP) is 4.23. The Morgan fingerprint density at radius 1 is 1.24 bits per heavy atom. The van der Waals surface area contributed by atoms with E-state index in [0.717, 1.165) is 15.6 Å². The van der Waals surface area contributed by atoms with Crippen molar-refractivity contribution in [2.75, 3.05) is 18.5 Å². The molecule has 0 bridgehead atoms. The van der Waals surface area contributed by atoms with E-state index < -0.39 is 0 Å². The number of hydrogen-bond donors (Lipinski definition) is 1. The van der Waals surface area contributed by atoms with Crippen molar-refractivity contribution in [2.45, 2.75) is 6.92 Å². The number of thiazole rings is 1. The maximum atomic E-state index is 13.1. The third-order valence-corrected chi connectivity index (χ3v) is 3.98. The molecule has 1 heterocycles. The Kier molecular flexibility index (Phi) is 4.01. The fourth-order valence-electron chi connectivity index (χ4n) is 2.01. The Morgan fingerprint density at radius 2 is 2.14 bits per heavy atom. The van der Waals surface area contributed by atoms with E-state index in [4.69, 9.17) is 4.74 Å². The maximum absolute atomic E-state index is 13.1. The first kappa shape index (κ1) is 13.8. The molecular formula is C16H15FN2OS. The average Bonchev–Trinajstić information content (AvgIpc) is 2.85. The second-order valence-electron chi connectivity index (χ2n) is 4.72. The number of anilines is 1. The van der Waals surface area contributed by atoms with Crippen molar-refractivity contribution in [2.24, 2.45) is 0 Å². The SMILES string of the molecule is Cc1cccc(OCCNc2nc3cc(F)ccc3s2)c1. The molecule has 0 atom stereocenters. The first-order valence-corrected chi connectivity index (χ1v) is 7.52. The van der Waals surface area contributed by atoms with E-state index in [0.29, 0.717) is 18.7 Å². The third-order valence-electron chi connectivity index (χ3n) is 2.99. The van der Waals surface area contributed by atoms with Crippen LogP contribution in [0.2, 0.25) is 0 Å². The number of hydrogen-bond acceptors (Lipinski definition) is 4. The summed E-state index contributed by atoms with van der Waals surface area (Å²) in [6.45, 7) is 3.23. The fraction of sp³-hybridized carbons (Fsp3) is 0.188. The molecule has 0 saturated carbocycles. The van der Waals surface area contributed by atoms with E-state index in [1.165, 1.54) is 29.0 Å². The van der Waals surface area contributed by atoms with Crippen molar-refractivity contribution in [1.29, 1.82) is 0 Å². The van der Waals surface area contributed by atoms with Crippen LogP contribution in [0.1, 0.15) is 5.56 Å². The van der Waals surface area contributed by atoms with Gasteiger partial charge in [-0.05, 0) is 36.8 Å². The van der Waals surface area contributed by atoms with Crippen LogP contribution < -0.4 is 10.1 Å². The molecule has 0 aliphatic carbocycles. The van der Waals surface area contributed by atoms with Gasteiger partial charge in [-0.2, -0.15) is 0 Å². The summed E-state index contributed by atoms with van der Waals surface area (Å²) in [4.78, 5) is 4.34. The number of benzene rings is 2. The monoisotopic (exact) mass is 302 g/mol. The average molecular weight is 302 g/mol. The summed E-state index contributed by atoms with van der Waals surface area (Å²) in [5, 5.41) is 3.98. The fourth-order valence-corrected chi connectivity index (χ4v) is 2.88. The van der Waals surface area contributed by atoms with Crippen LogP contribution in [0.5, 0.6) is 5.75 Å². The molecule has 108 valence electrons. The second-order valence-corrected chi connectivity index (χ2v) is 5.75. The highest BCUT2D eigenvalue weighted by atomic mass is 32.1. The Morgan fingerprint density at radius 3 is 3.00 bits per heavy atom. The van der Waals surface area contributed by atoms with Crippen LogP contribution in [0.3, 0.4) is 0 Å². The van der Waals surface area contributed by atoms with E-state index in [2.05, 4.69) is 10.3 Å². The summed E-state index contributed by atoms with van der Waals surface area (Å²) < 4.78 is 19.7. The smallest absolute Gasteiger partial charge is 0.183 e. The molecule has 5 heteroatoms. The summed E-state index contributed by atoms with van der Waals surface area (Å²) in [5.74, 6) is 0.602. The second kappa shape index (κ2) is 6.10. The Labute approximate surface area is 126 Å². The number of fused-ring (bicyclic) bond motifs is 1. The quantitative estimate of drug-likeness (QED) is 0.716. The van der Waals surface area contributed by atoms with Crippen molar-refractivity contribution in [3.63, 3.8) is 0 Å². The van der Waals surface area contributed by atoms with Crippen LogP contribution in [0, 0.1) is 12.7 Å². The van der Waals surface area contributed by atoms with Crippen molar-refractivity contribution in [3.05, 3.63) is 53.8 Å². The molecule has 1 aromatic heterocycles. The Balaban J connectivity index is 1.54. The van der Waals surface area contributed by atoms with Gasteiger partial charge < -0.3 is 10.1 Å². The van der Waals surface area contributed by atoms with E-state index >= 15 is 0 Å². The van der Waals surface area contributed by atoms with Crippen molar-refractivity contribution in [1.82, 2.24) is 4.98 Å². The Hall–Kier alpha value is -2.14. The van der Waals surface area contributed by atoms with Gasteiger partial charge in [0.1, 0.15) is 18.2 Å². The lowest BCUT2D eigenvalue weighted by atomic mass is 10.2. The van der Waals surface area contributed by atoms with Gasteiger partial charge in [0.2, 0.25) is 0 Å². The number of nitrogens with zero attached hydrogens (tertiary/aromatic N) is 1. The zero-order valence-electron chi connectivity index (χ0n) is 11.6. The molecule has 0 amide bonds. The molecule has 0 radical (unpaired) electrons. The summed E-state index contributed by atoms with van der Waals surface area (Å²) in [6.07, 6.45) is 0. The van der Waals surface area contributed by atoms with Gasteiger partial charge in [0.25, 0.3) is 0 Å². The first-order valence-electron chi connectivity index (χ1n) is 6.70. The van der Waals surface area contributed by atoms with Gasteiger partial charge in [0, 0.05) is 6.07 Å². The number of rotatable bonds is 5. The molecule has 0 aliphatic heterocycles. The lowest BCUT2D eigenvalue weighted by molar-refractivity contribution is 0.332. The van der Waals surface area contributed by atoms with Crippen LogP contribution in [0.15, 0.2) is 42.5 Å². The number of ether oxygens (including phenoxy) is 1. The lowest BCUT2D eigenvalue weighted by Crippen LogP contribution is -2.11. The van der Waals surface area contributed by atoms with Crippen LogP contribution >= 0.6 is 11.3 Å². The van der Waals surface area contributed by atoms with Crippen LogP contribution in [0.4, 0.5) is 9.52 Å². The van der Waals surface area contributed by atoms with E-state index in [1.807, 2.05) is 31.2 Å². The molecular weight excluding hydrogens is 287 g/mol. The third kappa shape index (κ3) is 3.49. The van der Waals surface area contributed by atoms with E-state index in [9.17, 15) is 4.39 Å². The van der Waals surface area contributed by atoms with Gasteiger partial charge in [0.05, 0.1) is 16.8 Å². The van der Waals surface area contributed by atoms with Crippen molar-refractivity contribution >= 4 is 26.7 Å². The highest BCUT2D eigenvalue weighted by molar-refractivity contribution is 7.22. The summed E-state index contributed by atoms with van der Waals surface area (Å²) in [7, 11) is 0. The maximum Gasteiger partial charge on any atom is 0.183 e. The molecule has 1 N–H and O–H groups in total. The normalized spacial score (nSPS) is 10.8. The molecule has 3 rings (SSSR count). The minimum absolute atomic E-state index is 0.262. The van der Waals surface area contributed by atoms with Gasteiger partial charge in [-0.25, -0.2) is 9.37 Å². The lowest BCUT2D eigenvalue weighted by Gasteiger charge is -2.07. The topological polar surface area (TPSA) is 34.1 Å². The van der Waals surface area contributed by atoms with Gasteiger partial charge in [-0.1, -0.05) is 23.5 Å². The standard InChI is InChI=1S/C16H15FN2OS/c1-11-3-2-4-13(9-11)20-8-7-18-16-19-14-10-12(17)5-6-15(14)21-16/h2-6,9-10H,7-8H2,1H3,(H,18,19). The van der Waals surface area contributed by atoms with E-state index in [1.54, 1.807) is 6.07 Å². The Bertz CT molecular complexity index is 757. The van der Waals surface area contributed by atoms with Crippen LogP contribution in [-0.2, 0) is 0 Å². The molecule has 2 aromatic carbocycles. The van der Waals surface area contributed by atoms with Crippen molar-refractivity contribution in [3.8, 4) is 5.75 Å². The summed E-state index contributed by atoms with van der Waals surface area (Å²) >= 11 is 1.51. The molecule has 0 spiro atoms. The zero-order chi connectivity index (χ0) is 14.7. The van der Waals surface area contributed by atoms with Gasteiger partial charge in [-0.15, -0.1) is 0 Å². The van der Waals surface area contributed by atoms with Crippen LogP contribution in [0.25, 0.3) is 10.2 Å². The molecule has 0 unspecified atom stereocenters. The molecule has 21 heavy (non-hydrogen) atoms. The number of nitrogens with one attached hydrogen (secondary N) is 1. The van der Waals surface area contributed by atoms with Gasteiger partial charge >= 0.3 is 0 Å². The van der Waals surface area contributed by atoms with Gasteiger partial charge in [0.15, 0.2) is 5.13 Å². The number of halogens is 1. The molecule has 0 aliphatic rings. The number of aromatic nitrogens is 1. The zero-order valence-corrected chi connectivity index (χ0v) is 12.4.